The van der Waals surface area contributed by atoms with Crippen LogP contribution >= 0.6 is 0 Å². The van der Waals surface area contributed by atoms with Gasteiger partial charge in [-0.15, -0.1) is 0 Å². The van der Waals surface area contributed by atoms with Gasteiger partial charge in [-0.1, -0.05) is 0 Å². The van der Waals surface area contributed by atoms with E-state index >= 15 is 0 Å². The fourth-order valence-electron chi connectivity index (χ4n) is 0. The SMILES string of the molecule is O=C[13CH2]O. The molecule has 24 valence electrons. The molecule has 4 heavy (non-hydrogen) atoms. The van der Waals surface area contributed by atoms with Crippen LogP contribution in [0.4, 0.5) is 0 Å². The first kappa shape index (κ1) is 3.63. The van der Waals surface area contributed by atoms with Crippen LogP contribution in [0.2, 0.25) is 0 Å². The van der Waals surface area contributed by atoms with E-state index in [1.807, 2.05) is 0 Å². The zero-order valence-electron chi connectivity index (χ0n) is 2.14. The molecule has 0 aliphatic heterocycles. The molecule has 0 unspecified atom stereocenters. The number of aliphatic hydroxyl groups is 1. The summed E-state index contributed by atoms with van der Waals surface area (Å²) in [7, 11) is 0. The quantitative estimate of drug-likeness (QED) is 0.317. The molecular formula is C2H4O2. The first-order chi connectivity index (χ1) is 1.91. The summed E-state index contributed by atoms with van der Waals surface area (Å²) < 4.78 is 0. The van der Waals surface area contributed by atoms with Crippen molar-refractivity contribution >= 4 is 6.29 Å². The summed E-state index contributed by atoms with van der Waals surface area (Å²) in [5.41, 5.74) is 0. The summed E-state index contributed by atoms with van der Waals surface area (Å²) in [5, 5.41) is 7.51. The lowest BCUT2D eigenvalue weighted by Crippen LogP contribution is -1.75. The van der Waals surface area contributed by atoms with Gasteiger partial charge in [-0.3, -0.25) is 0 Å². The van der Waals surface area contributed by atoms with Crippen LogP contribution in [0, 0.1) is 0 Å². The summed E-state index contributed by atoms with van der Waals surface area (Å²) >= 11 is 0. The van der Waals surface area contributed by atoms with Crippen LogP contribution in [0.1, 0.15) is 0 Å². The molecule has 0 rings (SSSR count). The van der Waals surface area contributed by atoms with Gasteiger partial charge >= 0.3 is 0 Å². The number of hydrogen-bond donors (Lipinski definition) is 1. The molecular weight excluding hydrogens is 57.0 g/mol. The predicted molar refractivity (Wildman–Crippen MR) is 13.1 cm³/mol. The van der Waals surface area contributed by atoms with Gasteiger partial charge in [0.25, 0.3) is 0 Å². The lowest BCUT2D eigenvalue weighted by Gasteiger charge is -1.54. The lowest BCUT2D eigenvalue weighted by molar-refractivity contribution is -0.110. The fourth-order valence-corrected chi connectivity index (χ4v) is 0. The van der Waals surface area contributed by atoms with Crippen molar-refractivity contribution in [3.8, 4) is 0 Å². The molecule has 0 aliphatic rings. The van der Waals surface area contributed by atoms with Crippen molar-refractivity contribution in [1.82, 2.24) is 0 Å². The van der Waals surface area contributed by atoms with E-state index in [4.69, 9.17) is 9.90 Å². The monoisotopic (exact) mass is 61.0 g/mol. The van der Waals surface area contributed by atoms with Gasteiger partial charge in [0.15, 0.2) is 0 Å². The van der Waals surface area contributed by atoms with Gasteiger partial charge in [0.1, 0.15) is 6.29 Å². The molecule has 0 heterocycles. The summed E-state index contributed by atoms with van der Waals surface area (Å²) in [5.74, 6) is 0. The van der Waals surface area contributed by atoms with Gasteiger partial charge in [0, 0.05) is 0 Å². The van der Waals surface area contributed by atoms with Crippen molar-refractivity contribution in [2.24, 2.45) is 0 Å². The van der Waals surface area contributed by atoms with Gasteiger partial charge in [-0.05, 0) is 0 Å². The molecule has 0 fully saturated rings. The molecule has 0 spiro atoms. The summed E-state index contributed by atoms with van der Waals surface area (Å²) in [6.45, 7) is -0.361. The van der Waals surface area contributed by atoms with Crippen molar-refractivity contribution < 1.29 is 9.90 Å². The Kier molecular flexibility index (Phi) is 2.39. The topological polar surface area (TPSA) is 37.3 Å². The van der Waals surface area contributed by atoms with Gasteiger partial charge < -0.3 is 9.90 Å². The largest absolute Gasteiger partial charge is 0.389 e. The van der Waals surface area contributed by atoms with Crippen LogP contribution in [0.25, 0.3) is 0 Å². The molecule has 2 nitrogen and oxygen atoms in total. The van der Waals surface area contributed by atoms with Gasteiger partial charge in [-0.25, -0.2) is 0 Å². The molecule has 0 aromatic carbocycles. The third kappa shape index (κ3) is 1.63. The fraction of sp³-hybridized carbons (Fsp3) is 0.500. The minimum absolute atomic E-state index is 0.361. The van der Waals surface area contributed by atoms with E-state index in [0.717, 1.165) is 0 Å². The van der Waals surface area contributed by atoms with Crippen molar-refractivity contribution in [2.75, 3.05) is 6.61 Å². The molecule has 0 saturated carbocycles. The Morgan fingerprint density at radius 3 is 2.25 bits per heavy atom. The Bertz CT molecular complexity index is 18.0. The molecule has 0 amide bonds. The van der Waals surface area contributed by atoms with E-state index in [2.05, 4.69) is 0 Å². The van der Waals surface area contributed by atoms with Gasteiger partial charge in [0.05, 0.1) is 6.61 Å². The number of aldehydes is 1. The number of hydrogen-bond acceptors (Lipinski definition) is 2. The highest BCUT2D eigenvalue weighted by Crippen LogP contribution is 1.27. The van der Waals surface area contributed by atoms with E-state index in [0.29, 0.717) is 6.29 Å². The average Bonchev–Trinajstić information content (AvgIpc) is 1.37. The zero-order chi connectivity index (χ0) is 3.41. The molecule has 0 atom stereocenters. The molecule has 0 aromatic heterocycles. The van der Waals surface area contributed by atoms with Crippen molar-refractivity contribution in [3.05, 3.63) is 0 Å². The zero-order valence-corrected chi connectivity index (χ0v) is 2.14. The highest BCUT2D eigenvalue weighted by Gasteiger charge is 1.53. The Labute approximate surface area is 24.1 Å². The predicted octanol–water partition coefficient (Wildman–Crippen LogP) is -0.822. The summed E-state index contributed by atoms with van der Waals surface area (Å²) in [4.78, 5) is 8.92. The van der Waals surface area contributed by atoms with Crippen molar-refractivity contribution in [1.29, 1.82) is 0 Å². The molecule has 0 aromatic rings. The van der Waals surface area contributed by atoms with E-state index in [9.17, 15) is 0 Å². The van der Waals surface area contributed by atoms with Crippen LogP contribution in [-0.4, -0.2) is 18.0 Å². The van der Waals surface area contributed by atoms with Gasteiger partial charge in [0.2, 0.25) is 0 Å². The Hall–Kier alpha value is -0.370. The molecule has 0 bridgehead atoms. The number of aliphatic hydroxyl groups excluding tert-OH is 1. The van der Waals surface area contributed by atoms with Gasteiger partial charge in [-0.2, -0.15) is 0 Å². The number of carbonyl (C=O) groups excluding carboxylic acids is 1. The second kappa shape index (κ2) is 2.63. The smallest absolute Gasteiger partial charge is 0.145 e. The maximum absolute atomic E-state index is 8.92. The van der Waals surface area contributed by atoms with E-state index in [-0.39, 0.29) is 6.61 Å². The second-order valence-corrected chi connectivity index (χ2v) is 0.349. The molecule has 0 saturated heterocycles. The van der Waals surface area contributed by atoms with E-state index in [1.54, 1.807) is 0 Å². The standard InChI is InChI=1S/C2H4O2/c3-1-2-4/h1,4H,2H2/i2+1. The minimum Gasteiger partial charge on any atom is -0.389 e. The molecule has 2 heteroatoms. The Morgan fingerprint density at radius 2 is 2.25 bits per heavy atom. The Balaban J connectivity index is 2.30. The van der Waals surface area contributed by atoms with Crippen LogP contribution in [0.15, 0.2) is 0 Å². The Morgan fingerprint density at radius 1 is 2.00 bits per heavy atom. The minimum atomic E-state index is -0.361. The first-order valence-electron chi connectivity index (χ1n) is 0.960. The summed E-state index contributed by atoms with van der Waals surface area (Å²) in [6, 6.07) is 0. The van der Waals surface area contributed by atoms with Crippen LogP contribution in [0.5, 0.6) is 0 Å². The third-order valence-electron chi connectivity index (χ3n) is 0.0745. The van der Waals surface area contributed by atoms with E-state index in [1.165, 1.54) is 0 Å². The third-order valence-corrected chi connectivity index (χ3v) is 0.0745. The summed E-state index contributed by atoms with van der Waals surface area (Å²) in [6.07, 6.45) is 0.431. The normalized spacial score (nSPS) is 6.25. The molecule has 1 N–H and O–H groups in total. The van der Waals surface area contributed by atoms with Crippen LogP contribution < -0.4 is 0 Å². The molecule has 0 aliphatic carbocycles. The number of rotatable bonds is 1. The van der Waals surface area contributed by atoms with Crippen LogP contribution in [-0.2, 0) is 4.79 Å². The van der Waals surface area contributed by atoms with Crippen LogP contribution in [0.3, 0.4) is 0 Å². The molecule has 0 radical (unpaired) electrons. The second-order valence-electron chi connectivity index (χ2n) is 0.349. The highest BCUT2D eigenvalue weighted by molar-refractivity contribution is 5.49. The van der Waals surface area contributed by atoms with Crippen molar-refractivity contribution in [3.63, 3.8) is 0 Å². The average molecular weight is 61.0 g/mol. The van der Waals surface area contributed by atoms with Crippen molar-refractivity contribution in [2.45, 2.75) is 0 Å². The lowest BCUT2D eigenvalue weighted by atomic mass is 11.3. The van der Waals surface area contributed by atoms with E-state index < -0.39 is 0 Å². The number of carbonyl (C=O) groups is 1. The highest BCUT2D eigenvalue weighted by atomic mass is 16.3. The maximum atomic E-state index is 8.92. The first-order valence-corrected chi connectivity index (χ1v) is 0.960. The maximum Gasteiger partial charge on any atom is 0.145 e.